The zero-order valence-corrected chi connectivity index (χ0v) is 27.8. The van der Waals surface area contributed by atoms with E-state index >= 15 is 0 Å². The predicted octanol–water partition coefficient (Wildman–Crippen LogP) is 7.91. The molecule has 0 radical (unpaired) electrons. The summed E-state index contributed by atoms with van der Waals surface area (Å²) in [6.45, 7) is 5.30. The van der Waals surface area contributed by atoms with Crippen LogP contribution in [0.2, 0.25) is 0 Å². The summed E-state index contributed by atoms with van der Waals surface area (Å²) in [6.07, 6.45) is 2.69. The quantitative estimate of drug-likeness (QED) is 0.0671. The van der Waals surface area contributed by atoms with E-state index in [4.69, 9.17) is 11.5 Å². The van der Waals surface area contributed by atoms with Crippen LogP contribution < -0.4 is 11.5 Å². The molecule has 5 aromatic carbocycles. The summed E-state index contributed by atoms with van der Waals surface area (Å²) < 4.78 is 13.5. The van der Waals surface area contributed by atoms with Gasteiger partial charge in [0.25, 0.3) is 0 Å². The molecule has 1 heterocycles. The van der Waals surface area contributed by atoms with Crippen molar-refractivity contribution in [3.63, 3.8) is 0 Å². The summed E-state index contributed by atoms with van der Waals surface area (Å²) in [5, 5.41) is 2.54. The van der Waals surface area contributed by atoms with E-state index in [1.54, 1.807) is 0 Å². The molecule has 49 heavy (non-hydrogen) atoms. The Morgan fingerprint density at radius 3 is 1.82 bits per heavy atom. The third-order valence-electron chi connectivity index (χ3n) is 8.69. The lowest BCUT2D eigenvalue weighted by Crippen LogP contribution is -2.26. The molecule has 6 rings (SSSR count). The Morgan fingerprint density at radius 2 is 1.18 bits per heavy atom. The molecule has 0 saturated carbocycles. The van der Waals surface area contributed by atoms with Gasteiger partial charge in [0.2, 0.25) is 0 Å². The number of nitrogens with zero attached hydrogens (tertiary/aromatic N) is 4. The lowest BCUT2D eigenvalue weighted by molar-refractivity contribution is 0.244. The Bertz CT molecular complexity index is 1930. The minimum absolute atomic E-state index is 0.135. The number of aromatic nitrogens is 1. The van der Waals surface area contributed by atoms with Gasteiger partial charge in [0.05, 0.1) is 5.69 Å². The van der Waals surface area contributed by atoms with Gasteiger partial charge in [-0.25, -0.2) is 4.39 Å². The van der Waals surface area contributed by atoms with E-state index in [0.29, 0.717) is 19.6 Å². The number of halogens is 1. The van der Waals surface area contributed by atoms with Crippen molar-refractivity contribution in [3.05, 3.63) is 173 Å². The summed E-state index contributed by atoms with van der Waals surface area (Å²) in [4.78, 5) is 13.5. The van der Waals surface area contributed by atoms with Crippen LogP contribution in [0.5, 0.6) is 0 Å². The van der Waals surface area contributed by atoms with E-state index in [0.717, 1.165) is 43.9 Å². The number of fused-ring (bicyclic) bond motifs is 1. The maximum absolute atomic E-state index is 13.5. The van der Waals surface area contributed by atoms with Gasteiger partial charge in [-0.2, -0.15) is 0 Å². The minimum atomic E-state index is -0.221. The summed E-state index contributed by atoms with van der Waals surface area (Å²) >= 11 is 0. The van der Waals surface area contributed by atoms with Crippen LogP contribution >= 0.6 is 0 Å². The monoisotopic (exact) mass is 650 g/mol. The molecular weight excluding hydrogens is 608 g/mol. The van der Waals surface area contributed by atoms with Crippen molar-refractivity contribution in [1.82, 2.24) is 14.8 Å². The second kappa shape index (κ2) is 16.6. The Hall–Kier alpha value is -5.37. The lowest BCUT2D eigenvalue weighted by atomic mass is 10.0. The molecule has 6 aromatic rings. The first-order valence-electron chi connectivity index (χ1n) is 16.8. The van der Waals surface area contributed by atoms with Gasteiger partial charge in [0.15, 0.2) is 5.96 Å². The van der Waals surface area contributed by atoms with Crippen molar-refractivity contribution >= 4 is 16.7 Å². The van der Waals surface area contributed by atoms with E-state index < -0.39 is 0 Å². The largest absolute Gasteiger partial charge is 0.370 e. The SMILES string of the molecule is NC(N)=NCCCN(Cc1ccc(-c2ccc(CN(Cc3ccc(F)cc3)Cc3ccccn3)cc2)cc1)Cc1cccc2ccccc12. The molecule has 0 aliphatic carbocycles. The number of pyridine rings is 1. The third-order valence-corrected chi connectivity index (χ3v) is 8.69. The molecular formula is C42H43FN6. The molecule has 0 saturated heterocycles. The molecule has 0 amide bonds. The highest BCUT2D eigenvalue weighted by Crippen LogP contribution is 2.24. The number of guanidine groups is 1. The number of rotatable bonds is 15. The third kappa shape index (κ3) is 9.83. The van der Waals surface area contributed by atoms with Crippen molar-refractivity contribution < 1.29 is 4.39 Å². The summed E-state index contributed by atoms with van der Waals surface area (Å²) in [6, 6.07) is 45.5. The topological polar surface area (TPSA) is 83.8 Å². The number of hydrogen-bond acceptors (Lipinski definition) is 4. The molecule has 6 nitrogen and oxygen atoms in total. The van der Waals surface area contributed by atoms with Crippen LogP contribution in [0.15, 0.2) is 145 Å². The normalized spacial score (nSPS) is 11.3. The Balaban J connectivity index is 1.13. The summed E-state index contributed by atoms with van der Waals surface area (Å²) in [5.74, 6) is -0.0857. The van der Waals surface area contributed by atoms with Crippen molar-refractivity contribution in [3.8, 4) is 11.1 Å². The molecule has 248 valence electrons. The van der Waals surface area contributed by atoms with Gasteiger partial charge < -0.3 is 11.5 Å². The van der Waals surface area contributed by atoms with Gasteiger partial charge in [0.1, 0.15) is 5.82 Å². The average Bonchev–Trinajstić information content (AvgIpc) is 3.12. The molecule has 0 fully saturated rings. The number of hydrogen-bond donors (Lipinski definition) is 2. The first-order valence-corrected chi connectivity index (χ1v) is 16.8. The van der Waals surface area contributed by atoms with E-state index in [1.165, 1.54) is 50.7 Å². The molecule has 0 aliphatic heterocycles. The molecule has 0 bridgehead atoms. The first-order chi connectivity index (χ1) is 24.0. The van der Waals surface area contributed by atoms with Crippen LogP contribution in [-0.2, 0) is 32.7 Å². The zero-order valence-electron chi connectivity index (χ0n) is 27.8. The molecule has 4 N–H and O–H groups in total. The summed E-state index contributed by atoms with van der Waals surface area (Å²) in [7, 11) is 0. The smallest absolute Gasteiger partial charge is 0.185 e. The maximum atomic E-state index is 13.5. The van der Waals surface area contributed by atoms with Crippen molar-refractivity contribution in [2.24, 2.45) is 16.5 Å². The van der Waals surface area contributed by atoms with Crippen LogP contribution in [0.3, 0.4) is 0 Å². The van der Waals surface area contributed by atoms with Gasteiger partial charge in [-0.05, 0) is 74.8 Å². The molecule has 1 aromatic heterocycles. The zero-order chi connectivity index (χ0) is 33.8. The Labute approximate surface area is 288 Å². The van der Waals surface area contributed by atoms with E-state index in [1.807, 2.05) is 36.5 Å². The fourth-order valence-corrected chi connectivity index (χ4v) is 6.25. The van der Waals surface area contributed by atoms with E-state index in [-0.39, 0.29) is 11.8 Å². The van der Waals surface area contributed by atoms with Crippen LogP contribution in [-0.4, -0.2) is 33.8 Å². The van der Waals surface area contributed by atoms with Crippen LogP contribution in [0.1, 0.15) is 34.4 Å². The second-order valence-corrected chi connectivity index (χ2v) is 12.5. The maximum Gasteiger partial charge on any atom is 0.185 e. The fraction of sp³-hybridized carbons (Fsp3) is 0.190. The van der Waals surface area contributed by atoms with Crippen molar-refractivity contribution in [2.45, 2.75) is 39.1 Å². The summed E-state index contributed by atoms with van der Waals surface area (Å²) in [5.41, 5.74) is 19.4. The predicted molar refractivity (Wildman–Crippen MR) is 199 cm³/mol. The standard InChI is InChI=1S/C42H43FN6/c43-39-22-16-34(17-23-39)29-49(31-40-10-3-4-24-46-40)28-33-14-20-36(21-15-33)35-18-12-32(13-19-35)27-48(26-6-25-47-42(44)45)30-38-9-5-8-37-7-1-2-11-41(37)38/h1-5,7-24H,6,25-31H2,(H4,44,45,47). The van der Waals surface area contributed by atoms with Crippen LogP contribution in [0.4, 0.5) is 4.39 Å². The van der Waals surface area contributed by atoms with Gasteiger partial charge in [0, 0.05) is 52.0 Å². The van der Waals surface area contributed by atoms with E-state index in [2.05, 4.69) is 111 Å². The number of aliphatic imine (C=N–C) groups is 1. The molecule has 7 heteroatoms. The van der Waals surface area contributed by atoms with E-state index in [9.17, 15) is 4.39 Å². The molecule has 0 unspecified atom stereocenters. The Morgan fingerprint density at radius 1 is 0.592 bits per heavy atom. The minimum Gasteiger partial charge on any atom is -0.370 e. The van der Waals surface area contributed by atoms with Gasteiger partial charge >= 0.3 is 0 Å². The highest BCUT2D eigenvalue weighted by atomic mass is 19.1. The highest BCUT2D eigenvalue weighted by molar-refractivity contribution is 5.85. The van der Waals surface area contributed by atoms with Gasteiger partial charge in [-0.1, -0.05) is 109 Å². The van der Waals surface area contributed by atoms with Crippen molar-refractivity contribution in [2.75, 3.05) is 13.1 Å². The highest BCUT2D eigenvalue weighted by Gasteiger charge is 2.12. The molecule has 0 atom stereocenters. The van der Waals surface area contributed by atoms with Gasteiger partial charge in [-0.15, -0.1) is 0 Å². The average molecular weight is 651 g/mol. The fourth-order valence-electron chi connectivity index (χ4n) is 6.25. The number of benzene rings is 5. The van der Waals surface area contributed by atoms with Crippen molar-refractivity contribution in [1.29, 1.82) is 0 Å². The van der Waals surface area contributed by atoms with Crippen LogP contribution in [0, 0.1) is 5.82 Å². The molecule has 0 spiro atoms. The lowest BCUT2D eigenvalue weighted by Gasteiger charge is -2.23. The first kappa shape index (κ1) is 33.5. The van der Waals surface area contributed by atoms with Gasteiger partial charge in [-0.3, -0.25) is 19.8 Å². The number of nitrogens with two attached hydrogens (primary N) is 2. The van der Waals surface area contributed by atoms with Crippen LogP contribution in [0.25, 0.3) is 21.9 Å². The Kier molecular flexibility index (Phi) is 11.4. The molecule has 0 aliphatic rings. The second-order valence-electron chi connectivity index (χ2n) is 12.5.